The molecule has 2 aromatic rings. The van der Waals surface area contributed by atoms with Gasteiger partial charge in [0, 0.05) is 11.9 Å². The molecule has 2 heterocycles. The predicted molar refractivity (Wildman–Crippen MR) is 50.0 cm³/mol. The Hall–Kier alpha value is -1.23. The van der Waals surface area contributed by atoms with Crippen LogP contribution in [0.15, 0.2) is 27.6 Å². The molecule has 0 fully saturated rings. The van der Waals surface area contributed by atoms with E-state index in [0.29, 0.717) is 10.6 Å². The first kappa shape index (κ1) is 8.37. The highest BCUT2D eigenvalue weighted by Gasteiger charge is 2.09. The lowest BCUT2D eigenvalue weighted by atomic mass is 10.2. The van der Waals surface area contributed by atoms with Gasteiger partial charge in [0.05, 0.1) is 5.56 Å². The Morgan fingerprint density at radius 1 is 1.46 bits per heavy atom. The van der Waals surface area contributed by atoms with Gasteiger partial charge >= 0.3 is 0 Å². The molecule has 0 bridgehead atoms. The summed E-state index contributed by atoms with van der Waals surface area (Å²) in [4.78, 5) is 8.16. The molecule has 13 heavy (non-hydrogen) atoms. The molecule has 0 unspecified atom stereocenters. The van der Waals surface area contributed by atoms with Gasteiger partial charge in [-0.3, -0.25) is 4.98 Å². The van der Waals surface area contributed by atoms with E-state index in [9.17, 15) is 0 Å². The van der Waals surface area contributed by atoms with E-state index in [4.69, 9.17) is 4.52 Å². The number of hydrogen-bond acceptors (Lipinski definition) is 4. The van der Waals surface area contributed by atoms with Crippen LogP contribution in [0.25, 0.3) is 11.5 Å². The maximum absolute atomic E-state index is 4.98. The van der Waals surface area contributed by atoms with Crippen molar-refractivity contribution in [1.29, 1.82) is 0 Å². The van der Waals surface area contributed by atoms with Crippen molar-refractivity contribution in [2.75, 3.05) is 0 Å². The van der Waals surface area contributed by atoms with Gasteiger partial charge in [-0.2, -0.15) is 4.98 Å². The third kappa shape index (κ3) is 1.60. The lowest BCUT2D eigenvalue weighted by Crippen LogP contribution is -1.85. The Morgan fingerprint density at radius 3 is 2.92 bits per heavy atom. The van der Waals surface area contributed by atoms with Crippen LogP contribution in [0.2, 0.25) is 0 Å². The topological polar surface area (TPSA) is 51.8 Å². The second-order valence-electron chi connectivity index (χ2n) is 2.50. The van der Waals surface area contributed by atoms with Gasteiger partial charge < -0.3 is 4.52 Å². The van der Waals surface area contributed by atoms with Crippen LogP contribution in [0, 0.1) is 6.92 Å². The standard InChI is InChI=1S/C8H6BrN3O/c1-5-6(3-2-4-10-5)7-11-8(9)12-13-7/h2-4H,1H3. The van der Waals surface area contributed by atoms with E-state index in [0.717, 1.165) is 11.3 Å². The SMILES string of the molecule is Cc1ncccc1-c1nc(Br)no1. The normalized spacial score (nSPS) is 10.3. The van der Waals surface area contributed by atoms with Crippen molar-refractivity contribution in [2.24, 2.45) is 0 Å². The molecule has 5 heteroatoms. The smallest absolute Gasteiger partial charge is 0.260 e. The lowest BCUT2D eigenvalue weighted by Gasteiger charge is -1.96. The van der Waals surface area contributed by atoms with Crippen molar-refractivity contribution in [3.05, 3.63) is 28.8 Å². The average molecular weight is 240 g/mol. The van der Waals surface area contributed by atoms with E-state index < -0.39 is 0 Å². The summed E-state index contributed by atoms with van der Waals surface area (Å²) in [5.74, 6) is 0.484. The average Bonchev–Trinajstić information content (AvgIpc) is 2.53. The summed E-state index contributed by atoms with van der Waals surface area (Å²) in [5, 5.41) is 3.64. The number of aromatic nitrogens is 3. The minimum atomic E-state index is 0.450. The van der Waals surface area contributed by atoms with Crippen LogP contribution in [0.4, 0.5) is 0 Å². The van der Waals surface area contributed by atoms with E-state index in [2.05, 4.69) is 31.1 Å². The highest BCUT2D eigenvalue weighted by Crippen LogP contribution is 2.20. The quantitative estimate of drug-likeness (QED) is 0.766. The monoisotopic (exact) mass is 239 g/mol. The van der Waals surface area contributed by atoms with Crippen LogP contribution < -0.4 is 0 Å². The minimum Gasteiger partial charge on any atom is -0.333 e. The highest BCUT2D eigenvalue weighted by molar-refractivity contribution is 9.10. The number of rotatable bonds is 1. The van der Waals surface area contributed by atoms with Gasteiger partial charge in [0.2, 0.25) is 4.73 Å². The first-order valence-corrected chi connectivity index (χ1v) is 4.48. The third-order valence-electron chi connectivity index (χ3n) is 1.64. The van der Waals surface area contributed by atoms with Crippen LogP contribution >= 0.6 is 15.9 Å². The fourth-order valence-corrected chi connectivity index (χ4v) is 1.26. The number of aryl methyl sites for hydroxylation is 1. The molecule has 66 valence electrons. The van der Waals surface area contributed by atoms with E-state index in [1.807, 2.05) is 19.1 Å². The van der Waals surface area contributed by atoms with Crippen LogP contribution in [-0.4, -0.2) is 15.1 Å². The summed E-state index contributed by atoms with van der Waals surface area (Å²) in [6.45, 7) is 1.90. The summed E-state index contributed by atoms with van der Waals surface area (Å²) < 4.78 is 5.43. The molecule has 0 N–H and O–H groups in total. The Labute approximate surface area is 83.1 Å². The van der Waals surface area contributed by atoms with Gasteiger partial charge in [-0.25, -0.2) is 0 Å². The molecule has 0 amide bonds. The zero-order valence-corrected chi connectivity index (χ0v) is 8.45. The molecule has 2 aromatic heterocycles. The van der Waals surface area contributed by atoms with Gasteiger partial charge in [0.15, 0.2) is 0 Å². The molecule has 2 rings (SSSR count). The van der Waals surface area contributed by atoms with E-state index >= 15 is 0 Å². The second-order valence-corrected chi connectivity index (χ2v) is 3.21. The third-order valence-corrected chi connectivity index (χ3v) is 1.96. The minimum absolute atomic E-state index is 0.450. The number of hydrogen-bond donors (Lipinski definition) is 0. The van der Waals surface area contributed by atoms with Crippen molar-refractivity contribution in [3.63, 3.8) is 0 Å². The fraction of sp³-hybridized carbons (Fsp3) is 0.125. The van der Waals surface area contributed by atoms with Crippen molar-refractivity contribution in [2.45, 2.75) is 6.92 Å². The largest absolute Gasteiger partial charge is 0.333 e. The van der Waals surface area contributed by atoms with E-state index in [1.165, 1.54) is 0 Å². The van der Waals surface area contributed by atoms with Crippen LogP contribution in [0.5, 0.6) is 0 Å². The lowest BCUT2D eigenvalue weighted by molar-refractivity contribution is 0.426. The van der Waals surface area contributed by atoms with Crippen molar-refractivity contribution < 1.29 is 4.52 Å². The Balaban J connectivity index is 2.52. The first-order valence-electron chi connectivity index (χ1n) is 3.68. The van der Waals surface area contributed by atoms with Crippen LogP contribution in [-0.2, 0) is 0 Å². The van der Waals surface area contributed by atoms with Crippen molar-refractivity contribution >= 4 is 15.9 Å². The summed E-state index contributed by atoms with van der Waals surface area (Å²) in [6, 6.07) is 3.72. The maximum atomic E-state index is 4.98. The molecule has 0 spiro atoms. The molecule has 0 atom stereocenters. The molecular weight excluding hydrogens is 234 g/mol. The predicted octanol–water partition coefficient (Wildman–Crippen LogP) is 2.20. The summed E-state index contributed by atoms with van der Waals surface area (Å²) in [5.41, 5.74) is 1.74. The van der Waals surface area contributed by atoms with Gasteiger partial charge in [-0.1, -0.05) is 0 Å². The Bertz CT molecular complexity index is 427. The molecule has 0 saturated heterocycles. The Kier molecular flexibility index (Phi) is 2.10. The zero-order chi connectivity index (χ0) is 9.26. The van der Waals surface area contributed by atoms with Gasteiger partial charge in [0.1, 0.15) is 0 Å². The molecule has 4 nitrogen and oxygen atoms in total. The molecule has 0 aromatic carbocycles. The number of pyridine rings is 1. The van der Waals surface area contributed by atoms with Gasteiger partial charge in [-0.05, 0) is 40.1 Å². The van der Waals surface area contributed by atoms with E-state index in [1.54, 1.807) is 6.20 Å². The highest BCUT2D eigenvalue weighted by atomic mass is 79.9. The fourth-order valence-electron chi connectivity index (χ4n) is 1.03. The second kappa shape index (κ2) is 3.26. The molecule has 0 aliphatic carbocycles. The first-order chi connectivity index (χ1) is 6.27. The summed E-state index contributed by atoms with van der Waals surface area (Å²) >= 11 is 3.12. The number of halogens is 1. The van der Waals surface area contributed by atoms with Crippen LogP contribution in [0.1, 0.15) is 5.69 Å². The van der Waals surface area contributed by atoms with Gasteiger partial charge in [0.25, 0.3) is 5.89 Å². The number of nitrogens with zero attached hydrogens (tertiary/aromatic N) is 3. The molecular formula is C8H6BrN3O. The van der Waals surface area contributed by atoms with Crippen molar-refractivity contribution in [1.82, 2.24) is 15.1 Å². The van der Waals surface area contributed by atoms with Gasteiger partial charge in [-0.15, -0.1) is 0 Å². The Morgan fingerprint density at radius 2 is 2.31 bits per heavy atom. The molecule has 0 aliphatic rings. The zero-order valence-electron chi connectivity index (χ0n) is 6.86. The molecule has 0 radical (unpaired) electrons. The summed E-state index contributed by atoms with van der Waals surface area (Å²) in [7, 11) is 0. The molecule has 0 saturated carbocycles. The van der Waals surface area contributed by atoms with Crippen molar-refractivity contribution in [3.8, 4) is 11.5 Å². The van der Waals surface area contributed by atoms with Crippen LogP contribution in [0.3, 0.4) is 0 Å². The van der Waals surface area contributed by atoms with E-state index in [-0.39, 0.29) is 0 Å². The molecule has 0 aliphatic heterocycles. The summed E-state index contributed by atoms with van der Waals surface area (Å²) in [6.07, 6.45) is 1.73. The maximum Gasteiger partial charge on any atom is 0.260 e.